The Bertz CT molecular complexity index is 347. The molecule has 0 bridgehead atoms. The number of hydrogen-bond acceptors (Lipinski definition) is 1. The molecule has 0 spiro atoms. The van der Waals surface area contributed by atoms with Gasteiger partial charge in [0.05, 0.1) is 0 Å². The molecule has 2 aliphatic carbocycles. The first-order valence-electron chi connectivity index (χ1n) is 5.74. The summed E-state index contributed by atoms with van der Waals surface area (Å²) in [6, 6.07) is 2.28. The fourth-order valence-electron chi connectivity index (χ4n) is 2.54. The van der Waals surface area contributed by atoms with Gasteiger partial charge in [0.25, 0.3) is 0 Å². The lowest BCUT2D eigenvalue weighted by Gasteiger charge is -2.07. The van der Waals surface area contributed by atoms with Crippen LogP contribution in [0.2, 0.25) is 0 Å². The molecule has 0 aliphatic heterocycles. The van der Waals surface area contributed by atoms with Crippen LogP contribution in [0.3, 0.4) is 0 Å². The Morgan fingerprint density at radius 1 is 1.00 bits per heavy atom. The van der Waals surface area contributed by atoms with Crippen LogP contribution in [0.15, 0.2) is 16.6 Å². The van der Waals surface area contributed by atoms with Crippen LogP contribution in [0.1, 0.15) is 49.2 Å². The van der Waals surface area contributed by atoms with Crippen LogP contribution >= 0.6 is 0 Å². The van der Waals surface area contributed by atoms with E-state index in [-0.39, 0.29) is 0 Å². The maximum atomic E-state index is 5.92. The lowest BCUT2D eigenvalue weighted by molar-refractivity contribution is 0.468. The zero-order valence-electron chi connectivity index (χ0n) is 8.51. The van der Waals surface area contributed by atoms with Gasteiger partial charge in [0.1, 0.15) is 11.5 Å². The van der Waals surface area contributed by atoms with E-state index in [1.807, 2.05) is 0 Å². The number of rotatable bonds is 1. The Hall–Kier alpha value is -0.980. The van der Waals surface area contributed by atoms with Gasteiger partial charge >= 0.3 is 0 Å². The van der Waals surface area contributed by atoms with Gasteiger partial charge in [0.15, 0.2) is 0 Å². The molecule has 0 aromatic carbocycles. The number of fused-ring (bicyclic) bond motifs is 1. The minimum atomic E-state index is 1.16. The Morgan fingerprint density at radius 3 is 2.71 bits per heavy atom. The molecule has 2 aliphatic rings. The molecule has 1 nitrogen and oxygen atoms in total. The van der Waals surface area contributed by atoms with Gasteiger partial charge in [0, 0.05) is 6.42 Å². The van der Waals surface area contributed by atoms with Crippen LogP contribution < -0.4 is 0 Å². The van der Waals surface area contributed by atoms with E-state index in [9.17, 15) is 0 Å². The van der Waals surface area contributed by atoms with Gasteiger partial charge in [-0.25, -0.2) is 0 Å². The normalized spacial score (nSPS) is 20.7. The van der Waals surface area contributed by atoms with Crippen molar-refractivity contribution in [2.75, 3.05) is 0 Å². The van der Waals surface area contributed by atoms with E-state index in [0.717, 1.165) is 12.2 Å². The second-order valence-electron chi connectivity index (χ2n) is 4.39. The highest BCUT2D eigenvalue weighted by Crippen LogP contribution is 2.33. The van der Waals surface area contributed by atoms with Crippen LogP contribution in [-0.4, -0.2) is 0 Å². The maximum absolute atomic E-state index is 5.92. The minimum absolute atomic E-state index is 1.16. The van der Waals surface area contributed by atoms with Crippen molar-refractivity contribution in [3.05, 3.63) is 29.2 Å². The second kappa shape index (κ2) is 3.30. The van der Waals surface area contributed by atoms with Gasteiger partial charge < -0.3 is 4.42 Å². The molecule has 0 unspecified atom stereocenters. The minimum Gasteiger partial charge on any atom is -0.461 e. The molecule has 74 valence electrons. The highest BCUT2D eigenvalue weighted by molar-refractivity contribution is 5.64. The summed E-state index contributed by atoms with van der Waals surface area (Å²) < 4.78 is 5.92. The van der Waals surface area contributed by atoms with Gasteiger partial charge in [-0.3, -0.25) is 0 Å². The first-order chi connectivity index (χ1) is 6.93. The van der Waals surface area contributed by atoms with E-state index < -0.39 is 0 Å². The summed E-state index contributed by atoms with van der Waals surface area (Å²) in [5.41, 5.74) is 2.92. The van der Waals surface area contributed by atoms with E-state index in [0.29, 0.717) is 0 Å². The molecule has 1 aromatic heterocycles. The number of hydrogen-bond donors (Lipinski definition) is 0. The van der Waals surface area contributed by atoms with Crippen molar-refractivity contribution >= 4 is 5.57 Å². The first-order valence-corrected chi connectivity index (χ1v) is 5.74. The lowest BCUT2D eigenvalue weighted by Crippen LogP contribution is -1.97. The van der Waals surface area contributed by atoms with E-state index >= 15 is 0 Å². The quantitative estimate of drug-likeness (QED) is 0.654. The third-order valence-corrected chi connectivity index (χ3v) is 3.35. The smallest absolute Gasteiger partial charge is 0.130 e. The largest absolute Gasteiger partial charge is 0.461 e. The Labute approximate surface area is 84.8 Å². The lowest BCUT2D eigenvalue weighted by atomic mass is 9.98. The molecule has 14 heavy (non-hydrogen) atoms. The highest BCUT2D eigenvalue weighted by Gasteiger charge is 2.18. The Morgan fingerprint density at radius 2 is 1.93 bits per heavy atom. The molecule has 0 saturated heterocycles. The van der Waals surface area contributed by atoms with Crippen molar-refractivity contribution in [2.45, 2.75) is 44.9 Å². The Kier molecular flexibility index (Phi) is 1.97. The SMILES string of the molecule is C1=C(c2cc3c(o2)CCCC3)CCC1. The number of aryl methyl sites for hydroxylation is 2. The zero-order valence-corrected chi connectivity index (χ0v) is 8.51. The standard InChI is InChI=1S/C13H16O/c1-2-6-10(5-1)13-9-11-7-3-4-8-12(11)14-13/h5,9H,1-4,6-8H2. The number of furan rings is 1. The van der Waals surface area contributed by atoms with Crippen molar-refractivity contribution < 1.29 is 4.42 Å². The predicted molar refractivity (Wildman–Crippen MR) is 57.2 cm³/mol. The van der Waals surface area contributed by atoms with Crippen LogP contribution in [0.4, 0.5) is 0 Å². The summed E-state index contributed by atoms with van der Waals surface area (Å²) in [6.45, 7) is 0. The molecule has 0 radical (unpaired) electrons. The molecule has 0 atom stereocenters. The number of allylic oxidation sites excluding steroid dienone is 2. The molecular weight excluding hydrogens is 172 g/mol. The van der Waals surface area contributed by atoms with Crippen LogP contribution in [0.5, 0.6) is 0 Å². The summed E-state index contributed by atoms with van der Waals surface area (Å²) in [5.74, 6) is 2.42. The van der Waals surface area contributed by atoms with Gasteiger partial charge in [0.2, 0.25) is 0 Å². The summed E-state index contributed by atoms with van der Waals surface area (Å²) in [7, 11) is 0. The monoisotopic (exact) mass is 188 g/mol. The molecule has 0 fully saturated rings. The first kappa shape index (κ1) is 8.34. The molecule has 0 N–H and O–H groups in total. The third kappa shape index (κ3) is 1.31. The van der Waals surface area contributed by atoms with E-state index in [1.165, 1.54) is 55.4 Å². The predicted octanol–water partition coefficient (Wildman–Crippen LogP) is 3.73. The van der Waals surface area contributed by atoms with Crippen molar-refractivity contribution in [3.63, 3.8) is 0 Å². The third-order valence-electron chi connectivity index (χ3n) is 3.35. The van der Waals surface area contributed by atoms with E-state index in [2.05, 4.69) is 12.1 Å². The van der Waals surface area contributed by atoms with Crippen molar-refractivity contribution in [1.82, 2.24) is 0 Å². The molecule has 0 saturated carbocycles. The van der Waals surface area contributed by atoms with Crippen LogP contribution in [-0.2, 0) is 12.8 Å². The molecule has 0 amide bonds. The summed E-state index contributed by atoms with van der Waals surface area (Å²) >= 11 is 0. The van der Waals surface area contributed by atoms with Crippen molar-refractivity contribution in [2.24, 2.45) is 0 Å². The van der Waals surface area contributed by atoms with Crippen LogP contribution in [0.25, 0.3) is 5.57 Å². The Balaban J connectivity index is 1.95. The second-order valence-corrected chi connectivity index (χ2v) is 4.39. The van der Waals surface area contributed by atoms with Crippen molar-refractivity contribution in [1.29, 1.82) is 0 Å². The fourth-order valence-corrected chi connectivity index (χ4v) is 2.54. The maximum Gasteiger partial charge on any atom is 0.130 e. The molecular formula is C13H16O. The van der Waals surface area contributed by atoms with Crippen LogP contribution in [0, 0.1) is 0 Å². The summed E-state index contributed by atoms with van der Waals surface area (Å²) in [5, 5.41) is 0. The molecule has 1 aromatic rings. The topological polar surface area (TPSA) is 13.1 Å². The molecule has 1 heteroatoms. The average Bonchev–Trinajstić information content (AvgIpc) is 2.86. The van der Waals surface area contributed by atoms with Gasteiger partial charge in [-0.15, -0.1) is 0 Å². The van der Waals surface area contributed by atoms with Gasteiger partial charge in [-0.05, 0) is 55.7 Å². The average molecular weight is 188 g/mol. The van der Waals surface area contributed by atoms with E-state index in [1.54, 1.807) is 0 Å². The highest BCUT2D eigenvalue weighted by atomic mass is 16.3. The molecule has 3 rings (SSSR count). The van der Waals surface area contributed by atoms with E-state index in [4.69, 9.17) is 4.42 Å². The summed E-state index contributed by atoms with van der Waals surface area (Å²) in [4.78, 5) is 0. The molecule has 1 heterocycles. The zero-order chi connectivity index (χ0) is 9.38. The summed E-state index contributed by atoms with van der Waals surface area (Å²) in [6.07, 6.45) is 11.1. The van der Waals surface area contributed by atoms with Gasteiger partial charge in [-0.2, -0.15) is 0 Å². The fraction of sp³-hybridized carbons (Fsp3) is 0.538. The van der Waals surface area contributed by atoms with Crippen molar-refractivity contribution in [3.8, 4) is 0 Å². The van der Waals surface area contributed by atoms with Gasteiger partial charge in [-0.1, -0.05) is 6.08 Å².